The van der Waals surface area contributed by atoms with Crippen LogP contribution in [0.15, 0.2) is 0 Å². The van der Waals surface area contributed by atoms with Crippen LogP contribution in [-0.2, 0) is 14.3 Å². The molecule has 0 heterocycles. The monoisotopic (exact) mass is 287 g/mol. The van der Waals surface area contributed by atoms with Crippen LogP contribution < -0.4 is 0 Å². The van der Waals surface area contributed by atoms with Gasteiger partial charge in [0, 0.05) is 32.2 Å². The fourth-order valence-electron chi connectivity index (χ4n) is 2.10. The second kappa shape index (κ2) is 10.7. The number of carboxylic acid groups (broad SMARTS) is 1. The number of carboxylic acids is 1. The van der Waals surface area contributed by atoms with Crippen molar-refractivity contribution in [3.63, 3.8) is 0 Å². The van der Waals surface area contributed by atoms with E-state index in [-0.39, 0.29) is 18.4 Å². The first-order valence-electron chi connectivity index (χ1n) is 7.57. The Morgan fingerprint density at radius 3 is 2.25 bits per heavy atom. The minimum absolute atomic E-state index is 0.0110. The topological polar surface area (TPSA) is 66.8 Å². The highest BCUT2D eigenvalue weighted by molar-refractivity contribution is 5.79. The summed E-state index contributed by atoms with van der Waals surface area (Å²) in [6.07, 6.45) is 2.32. The molecule has 0 aromatic heterocycles. The summed E-state index contributed by atoms with van der Waals surface area (Å²) in [5.74, 6) is -1.35. The molecule has 0 saturated carbocycles. The lowest BCUT2D eigenvalue weighted by Gasteiger charge is -2.28. The minimum atomic E-state index is -0.864. The highest BCUT2D eigenvalue weighted by atomic mass is 16.5. The number of rotatable bonds is 11. The molecule has 0 fully saturated rings. The van der Waals surface area contributed by atoms with E-state index in [0.717, 1.165) is 19.3 Å². The fourth-order valence-corrected chi connectivity index (χ4v) is 2.10. The number of ether oxygens (including phenoxy) is 1. The maximum absolute atomic E-state index is 12.4. The zero-order chi connectivity index (χ0) is 15.5. The van der Waals surface area contributed by atoms with Gasteiger partial charge in [-0.3, -0.25) is 9.59 Å². The van der Waals surface area contributed by atoms with E-state index in [2.05, 4.69) is 0 Å². The van der Waals surface area contributed by atoms with Crippen molar-refractivity contribution >= 4 is 11.9 Å². The van der Waals surface area contributed by atoms with Crippen molar-refractivity contribution in [3.05, 3.63) is 0 Å². The molecule has 0 aliphatic rings. The molecule has 1 N–H and O–H groups in total. The van der Waals surface area contributed by atoms with E-state index in [1.165, 1.54) is 0 Å². The number of carbonyl (C=O) groups excluding carboxylic acids is 1. The SMILES string of the molecule is CCOCCCN(CC(C)C(=O)O)C(=O)C(CC)CC. The van der Waals surface area contributed by atoms with Crippen LogP contribution in [-0.4, -0.2) is 48.2 Å². The zero-order valence-corrected chi connectivity index (χ0v) is 13.2. The van der Waals surface area contributed by atoms with Crippen molar-refractivity contribution in [2.24, 2.45) is 11.8 Å². The van der Waals surface area contributed by atoms with Gasteiger partial charge < -0.3 is 14.7 Å². The van der Waals surface area contributed by atoms with Gasteiger partial charge in [0.1, 0.15) is 0 Å². The van der Waals surface area contributed by atoms with Crippen LogP contribution in [0.5, 0.6) is 0 Å². The Balaban J connectivity index is 4.59. The predicted molar refractivity (Wildman–Crippen MR) is 78.6 cm³/mol. The van der Waals surface area contributed by atoms with Crippen LogP contribution >= 0.6 is 0 Å². The quantitative estimate of drug-likeness (QED) is 0.593. The van der Waals surface area contributed by atoms with Gasteiger partial charge in [-0.1, -0.05) is 20.8 Å². The lowest BCUT2D eigenvalue weighted by molar-refractivity contribution is -0.144. The molecule has 0 aromatic rings. The van der Waals surface area contributed by atoms with Gasteiger partial charge in [0.15, 0.2) is 0 Å². The standard InChI is InChI=1S/C15H29NO4/c1-5-13(6-2)14(17)16(9-8-10-20-7-3)11-12(4)15(18)19/h12-13H,5-11H2,1-4H3,(H,18,19). The molecule has 5 heteroatoms. The van der Waals surface area contributed by atoms with Gasteiger partial charge in [0.2, 0.25) is 5.91 Å². The molecule has 0 rings (SSSR count). The Bertz CT molecular complexity index is 290. The minimum Gasteiger partial charge on any atom is -0.481 e. The molecule has 0 aliphatic carbocycles. The molecule has 0 saturated heterocycles. The van der Waals surface area contributed by atoms with Crippen LogP contribution in [0.4, 0.5) is 0 Å². The van der Waals surface area contributed by atoms with Gasteiger partial charge in [-0.2, -0.15) is 0 Å². The van der Waals surface area contributed by atoms with Gasteiger partial charge in [-0.25, -0.2) is 0 Å². The van der Waals surface area contributed by atoms with E-state index in [1.807, 2.05) is 20.8 Å². The third kappa shape index (κ3) is 6.89. The average molecular weight is 287 g/mol. The summed E-state index contributed by atoms with van der Waals surface area (Å²) in [4.78, 5) is 25.1. The Kier molecular flexibility index (Phi) is 10.1. The van der Waals surface area contributed by atoms with Gasteiger partial charge in [-0.05, 0) is 26.2 Å². The molecule has 0 radical (unpaired) electrons. The molecular weight excluding hydrogens is 258 g/mol. The number of amides is 1. The van der Waals surface area contributed by atoms with E-state index in [0.29, 0.717) is 19.8 Å². The highest BCUT2D eigenvalue weighted by Crippen LogP contribution is 2.14. The number of aliphatic carboxylic acids is 1. The predicted octanol–water partition coefficient (Wildman–Crippen LogP) is 2.40. The summed E-state index contributed by atoms with van der Waals surface area (Å²) < 4.78 is 5.27. The Hall–Kier alpha value is -1.10. The normalized spacial score (nSPS) is 12.4. The van der Waals surface area contributed by atoms with E-state index < -0.39 is 11.9 Å². The first-order chi connectivity index (χ1) is 9.47. The van der Waals surface area contributed by atoms with Gasteiger partial charge in [-0.15, -0.1) is 0 Å². The molecule has 1 unspecified atom stereocenters. The van der Waals surface area contributed by atoms with Crippen LogP contribution in [0.25, 0.3) is 0 Å². The van der Waals surface area contributed by atoms with E-state index in [9.17, 15) is 9.59 Å². The number of nitrogens with zero attached hydrogens (tertiary/aromatic N) is 1. The first kappa shape index (κ1) is 18.9. The van der Waals surface area contributed by atoms with Crippen molar-refractivity contribution in [1.29, 1.82) is 0 Å². The molecule has 0 bridgehead atoms. The summed E-state index contributed by atoms with van der Waals surface area (Å²) in [6.45, 7) is 9.65. The van der Waals surface area contributed by atoms with E-state index in [4.69, 9.17) is 9.84 Å². The average Bonchev–Trinajstić information content (AvgIpc) is 2.42. The Morgan fingerprint density at radius 1 is 1.20 bits per heavy atom. The molecule has 0 spiro atoms. The van der Waals surface area contributed by atoms with Gasteiger partial charge >= 0.3 is 5.97 Å². The lowest BCUT2D eigenvalue weighted by Crippen LogP contribution is -2.41. The molecule has 5 nitrogen and oxygen atoms in total. The molecule has 1 amide bonds. The van der Waals surface area contributed by atoms with Crippen molar-refractivity contribution in [3.8, 4) is 0 Å². The smallest absolute Gasteiger partial charge is 0.308 e. The molecule has 0 aromatic carbocycles. The second-order valence-electron chi connectivity index (χ2n) is 5.09. The van der Waals surface area contributed by atoms with Crippen LogP contribution in [0.2, 0.25) is 0 Å². The number of hydrogen-bond donors (Lipinski definition) is 1. The first-order valence-corrected chi connectivity index (χ1v) is 7.57. The molecule has 0 aliphatic heterocycles. The highest BCUT2D eigenvalue weighted by Gasteiger charge is 2.24. The summed E-state index contributed by atoms with van der Waals surface area (Å²) >= 11 is 0. The maximum Gasteiger partial charge on any atom is 0.308 e. The van der Waals surface area contributed by atoms with Crippen molar-refractivity contribution < 1.29 is 19.4 Å². The third-order valence-electron chi connectivity index (χ3n) is 3.48. The summed E-state index contributed by atoms with van der Waals surface area (Å²) in [5.41, 5.74) is 0. The summed E-state index contributed by atoms with van der Waals surface area (Å²) in [6, 6.07) is 0. The molecule has 1 atom stereocenters. The molecule has 20 heavy (non-hydrogen) atoms. The molecule has 118 valence electrons. The number of carbonyl (C=O) groups is 2. The third-order valence-corrected chi connectivity index (χ3v) is 3.48. The Labute approximate surface area is 122 Å². The van der Waals surface area contributed by atoms with Gasteiger partial charge in [0.05, 0.1) is 5.92 Å². The zero-order valence-electron chi connectivity index (χ0n) is 13.2. The Morgan fingerprint density at radius 2 is 1.80 bits per heavy atom. The molecular formula is C15H29NO4. The van der Waals surface area contributed by atoms with Gasteiger partial charge in [0.25, 0.3) is 0 Å². The second-order valence-corrected chi connectivity index (χ2v) is 5.09. The fraction of sp³-hybridized carbons (Fsp3) is 0.867. The van der Waals surface area contributed by atoms with Crippen LogP contribution in [0.3, 0.4) is 0 Å². The largest absolute Gasteiger partial charge is 0.481 e. The summed E-state index contributed by atoms with van der Waals surface area (Å²) in [5, 5.41) is 9.01. The van der Waals surface area contributed by atoms with E-state index in [1.54, 1.807) is 11.8 Å². The van der Waals surface area contributed by atoms with Crippen molar-refractivity contribution in [2.75, 3.05) is 26.3 Å². The van der Waals surface area contributed by atoms with Crippen molar-refractivity contribution in [2.45, 2.75) is 47.0 Å². The van der Waals surface area contributed by atoms with E-state index >= 15 is 0 Å². The maximum atomic E-state index is 12.4. The lowest BCUT2D eigenvalue weighted by atomic mass is 10.0. The van der Waals surface area contributed by atoms with Crippen LogP contribution in [0, 0.1) is 11.8 Å². The van der Waals surface area contributed by atoms with Crippen LogP contribution in [0.1, 0.15) is 47.0 Å². The van der Waals surface area contributed by atoms with Crippen molar-refractivity contribution in [1.82, 2.24) is 4.90 Å². The number of hydrogen-bond acceptors (Lipinski definition) is 3. The summed E-state index contributed by atoms with van der Waals surface area (Å²) in [7, 11) is 0.